The van der Waals surface area contributed by atoms with E-state index in [-0.39, 0.29) is 12.4 Å². The second kappa shape index (κ2) is 8.65. The highest BCUT2D eigenvalue weighted by Gasteiger charge is 2.20. The minimum atomic E-state index is 0. The van der Waals surface area contributed by atoms with Gasteiger partial charge >= 0.3 is 0 Å². The van der Waals surface area contributed by atoms with E-state index in [1.165, 1.54) is 48.3 Å². The van der Waals surface area contributed by atoms with Gasteiger partial charge in [-0.15, -0.1) is 12.4 Å². The Hall–Kier alpha value is -1.36. The molecule has 132 valence electrons. The Morgan fingerprint density at radius 1 is 1.21 bits per heavy atom. The van der Waals surface area contributed by atoms with Crippen molar-refractivity contribution in [2.24, 2.45) is 13.0 Å². The van der Waals surface area contributed by atoms with Crippen LogP contribution in [0.2, 0.25) is 0 Å². The molecule has 5 heteroatoms. The van der Waals surface area contributed by atoms with Crippen LogP contribution in [-0.4, -0.2) is 41.4 Å². The van der Waals surface area contributed by atoms with E-state index in [1.807, 2.05) is 17.9 Å². The number of aryl methyl sites for hydroxylation is 2. The zero-order valence-corrected chi connectivity index (χ0v) is 15.8. The van der Waals surface area contributed by atoms with Crippen LogP contribution in [0.1, 0.15) is 24.0 Å². The maximum atomic E-state index is 4.34. The van der Waals surface area contributed by atoms with Gasteiger partial charge in [-0.3, -0.25) is 9.58 Å². The molecule has 4 nitrogen and oxygen atoms in total. The van der Waals surface area contributed by atoms with E-state index in [9.17, 15) is 0 Å². The van der Waals surface area contributed by atoms with Gasteiger partial charge in [-0.25, -0.2) is 0 Å². The Kier molecular flexibility index (Phi) is 6.84. The molecule has 3 rings (SSSR count). The summed E-state index contributed by atoms with van der Waals surface area (Å²) in [6.45, 7) is 6.74. The first-order valence-electron chi connectivity index (χ1n) is 8.62. The average Bonchev–Trinajstić information content (AvgIpc) is 2.97. The van der Waals surface area contributed by atoms with Crippen molar-refractivity contribution in [3.05, 3.63) is 41.6 Å². The van der Waals surface area contributed by atoms with E-state index >= 15 is 0 Å². The lowest BCUT2D eigenvalue weighted by atomic mass is 9.95. The molecule has 1 aliphatic heterocycles. The lowest BCUT2D eigenvalue weighted by molar-refractivity contribution is 0.177. The molecule has 1 aromatic carbocycles. The normalized spacial score (nSPS) is 16.1. The van der Waals surface area contributed by atoms with Crippen LogP contribution >= 0.6 is 12.4 Å². The molecule has 0 bridgehead atoms. The van der Waals surface area contributed by atoms with Crippen LogP contribution in [0.15, 0.2) is 30.5 Å². The van der Waals surface area contributed by atoms with Crippen LogP contribution in [0, 0.1) is 12.8 Å². The summed E-state index contributed by atoms with van der Waals surface area (Å²) in [6.07, 6.45) is 4.48. The first-order valence-corrected chi connectivity index (χ1v) is 8.62. The van der Waals surface area contributed by atoms with Gasteiger partial charge in [0.05, 0.1) is 5.69 Å². The largest absolute Gasteiger partial charge is 0.319 e. The maximum Gasteiger partial charge on any atom is 0.0682 e. The molecule has 0 amide bonds. The van der Waals surface area contributed by atoms with E-state index in [2.05, 4.69) is 53.6 Å². The number of nitrogens with one attached hydrogen (secondary N) is 1. The monoisotopic (exact) mass is 348 g/mol. The van der Waals surface area contributed by atoms with Crippen molar-refractivity contribution in [3.8, 4) is 11.3 Å². The standard InChI is InChI=1S/C19H28N4.ClH/c1-15-4-5-17(18(12-15)19-6-9-21-22(19)3)14-23-10-7-16(8-11-23)13-20-2;/h4-6,9,12,16,20H,7-8,10-11,13-14H2,1-3H3;1H. The average molecular weight is 349 g/mol. The topological polar surface area (TPSA) is 33.1 Å². The molecule has 0 spiro atoms. The van der Waals surface area contributed by atoms with Crippen molar-refractivity contribution in [1.82, 2.24) is 20.0 Å². The highest BCUT2D eigenvalue weighted by atomic mass is 35.5. The molecule has 1 aromatic heterocycles. The quantitative estimate of drug-likeness (QED) is 0.900. The van der Waals surface area contributed by atoms with E-state index in [0.717, 1.165) is 19.0 Å². The first kappa shape index (κ1) is 19.0. The predicted octanol–water partition coefficient (Wildman–Crippen LogP) is 3.25. The van der Waals surface area contributed by atoms with Gasteiger partial charge in [0.25, 0.3) is 0 Å². The van der Waals surface area contributed by atoms with Crippen molar-refractivity contribution in [1.29, 1.82) is 0 Å². The number of likely N-dealkylation sites (tertiary alicyclic amines) is 1. The Labute approximate surface area is 151 Å². The molecule has 0 saturated carbocycles. The fourth-order valence-corrected chi connectivity index (χ4v) is 3.58. The third-order valence-electron chi connectivity index (χ3n) is 4.96. The Bertz CT molecular complexity index is 645. The zero-order chi connectivity index (χ0) is 16.2. The predicted molar refractivity (Wildman–Crippen MR) is 103 cm³/mol. The molecule has 0 atom stereocenters. The van der Waals surface area contributed by atoms with E-state index in [0.29, 0.717) is 0 Å². The lowest BCUT2D eigenvalue weighted by Gasteiger charge is -2.32. The van der Waals surface area contributed by atoms with Gasteiger partial charge in [0.2, 0.25) is 0 Å². The van der Waals surface area contributed by atoms with E-state index in [4.69, 9.17) is 0 Å². The Balaban J connectivity index is 0.00000208. The van der Waals surface area contributed by atoms with Gasteiger partial charge in [-0.2, -0.15) is 5.10 Å². The van der Waals surface area contributed by atoms with Crippen molar-refractivity contribution in [2.75, 3.05) is 26.7 Å². The van der Waals surface area contributed by atoms with Gasteiger partial charge in [-0.1, -0.05) is 17.7 Å². The van der Waals surface area contributed by atoms with Crippen LogP contribution < -0.4 is 5.32 Å². The van der Waals surface area contributed by atoms with Crippen LogP contribution in [-0.2, 0) is 13.6 Å². The molecule has 1 saturated heterocycles. The van der Waals surface area contributed by atoms with Gasteiger partial charge in [-0.05, 0) is 70.1 Å². The zero-order valence-electron chi connectivity index (χ0n) is 15.0. The molecule has 2 heterocycles. The summed E-state index contributed by atoms with van der Waals surface area (Å²) in [7, 11) is 4.07. The van der Waals surface area contributed by atoms with E-state index in [1.54, 1.807) is 0 Å². The summed E-state index contributed by atoms with van der Waals surface area (Å²) < 4.78 is 1.97. The minimum absolute atomic E-state index is 0. The van der Waals surface area contributed by atoms with Crippen LogP contribution in [0.4, 0.5) is 0 Å². The number of rotatable bonds is 5. The summed E-state index contributed by atoms with van der Waals surface area (Å²) >= 11 is 0. The SMILES string of the molecule is CNCC1CCN(Cc2ccc(C)cc2-c2ccnn2C)CC1.Cl. The number of aromatic nitrogens is 2. The van der Waals surface area contributed by atoms with Gasteiger partial charge in [0.15, 0.2) is 0 Å². The maximum absolute atomic E-state index is 4.34. The number of halogens is 1. The van der Waals surface area contributed by atoms with Crippen molar-refractivity contribution >= 4 is 12.4 Å². The van der Waals surface area contributed by atoms with Crippen LogP contribution in [0.25, 0.3) is 11.3 Å². The van der Waals surface area contributed by atoms with Gasteiger partial charge in [0.1, 0.15) is 0 Å². The molecule has 24 heavy (non-hydrogen) atoms. The van der Waals surface area contributed by atoms with Crippen molar-refractivity contribution in [2.45, 2.75) is 26.3 Å². The van der Waals surface area contributed by atoms with Crippen LogP contribution in [0.5, 0.6) is 0 Å². The number of piperidine rings is 1. The third-order valence-corrected chi connectivity index (χ3v) is 4.96. The number of nitrogens with zero attached hydrogens (tertiary/aromatic N) is 3. The number of hydrogen-bond donors (Lipinski definition) is 1. The molecule has 0 unspecified atom stereocenters. The van der Waals surface area contributed by atoms with Gasteiger partial charge < -0.3 is 5.32 Å². The molecule has 1 fully saturated rings. The summed E-state index contributed by atoms with van der Waals surface area (Å²) in [5.41, 5.74) is 5.24. The summed E-state index contributed by atoms with van der Waals surface area (Å²) in [6, 6.07) is 8.91. The lowest BCUT2D eigenvalue weighted by Crippen LogP contribution is -2.36. The second-order valence-corrected chi connectivity index (χ2v) is 6.78. The van der Waals surface area contributed by atoms with Gasteiger partial charge in [0, 0.05) is 25.4 Å². The van der Waals surface area contributed by atoms with Crippen molar-refractivity contribution in [3.63, 3.8) is 0 Å². The molecule has 1 aliphatic rings. The highest BCUT2D eigenvalue weighted by Crippen LogP contribution is 2.27. The fourth-order valence-electron chi connectivity index (χ4n) is 3.58. The number of hydrogen-bond acceptors (Lipinski definition) is 3. The van der Waals surface area contributed by atoms with Crippen LogP contribution in [0.3, 0.4) is 0 Å². The molecular weight excluding hydrogens is 320 g/mol. The smallest absolute Gasteiger partial charge is 0.0682 e. The molecule has 2 aromatic rings. The van der Waals surface area contributed by atoms with Crippen molar-refractivity contribution < 1.29 is 0 Å². The Morgan fingerprint density at radius 3 is 2.58 bits per heavy atom. The fraction of sp³-hybridized carbons (Fsp3) is 0.526. The minimum Gasteiger partial charge on any atom is -0.319 e. The summed E-state index contributed by atoms with van der Waals surface area (Å²) in [4.78, 5) is 2.59. The second-order valence-electron chi connectivity index (χ2n) is 6.78. The first-order chi connectivity index (χ1) is 11.2. The molecule has 0 radical (unpaired) electrons. The Morgan fingerprint density at radius 2 is 1.96 bits per heavy atom. The highest BCUT2D eigenvalue weighted by molar-refractivity contribution is 5.85. The number of benzene rings is 1. The summed E-state index contributed by atoms with van der Waals surface area (Å²) in [5.74, 6) is 0.839. The van der Waals surface area contributed by atoms with E-state index < -0.39 is 0 Å². The third kappa shape index (κ3) is 4.38. The molecule has 0 aliphatic carbocycles. The summed E-state index contributed by atoms with van der Waals surface area (Å²) in [5, 5.41) is 7.65. The molecular formula is C19H29ClN4. The molecule has 1 N–H and O–H groups in total.